The molecule has 1 unspecified atom stereocenters. The van der Waals surface area contributed by atoms with Crippen molar-refractivity contribution >= 4 is 5.91 Å². The molecule has 5 nitrogen and oxygen atoms in total. The minimum atomic E-state index is -0.351. The van der Waals surface area contributed by atoms with E-state index in [0.29, 0.717) is 19.7 Å². The van der Waals surface area contributed by atoms with Crippen LogP contribution in [0, 0.1) is 0 Å². The molecular formula is C15H28N2O3. The van der Waals surface area contributed by atoms with E-state index in [1.54, 1.807) is 0 Å². The molecular weight excluding hydrogens is 256 g/mol. The van der Waals surface area contributed by atoms with Gasteiger partial charge in [-0.05, 0) is 19.3 Å². The van der Waals surface area contributed by atoms with E-state index in [-0.39, 0.29) is 17.6 Å². The van der Waals surface area contributed by atoms with Crippen LogP contribution in [0.4, 0.5) is 0 Å². The van der Waals surface area contributed by atoms with E-state index in [9.17, 15) is 4.79 Å². The van der Waals surface area contributed by atoms with Gasteiger partial charge in [0.2, 0.25) is 0 Å². The van der Waals surface area contributed by atoms with Crippen molar-refractivity contribution in [3.63, 3.8) is 0 Å². The third kappa shape index (κ3) is 4.43. The minimum absolute atomic E-state index is 0.0118. The summed E-state index contributed by atoms with van der Waals surface area (Å²) in [4.78, 5) is 12.1. The molecule has 1 saturated heterocycles. The van der Waals surface area contributed by atoms with E-state index >= 15 is 0 Å². The molecule has 5 heteroatoms. The molecule has 2 rings (SSSR count). The highest BCUT2D eigenvalue weighted by Gasteiger charge is 2.34. The standard InChI is InChI=1S/C15H28N2O3/c1-2-9-20-15(6-4-3-5-7-15)12-17-14(18)13-11-16-8-10-19-13/h13,16H,2-12H2,1H3,(H,17,18). The summed E-state index contributed by atoms with van der Waals surface area (Å²) in [5.74, 6) is -0.0118. The van der Waals surface area contributed by atoms with E-state index in [1.807, 2.05) is 0 Å². The molecule has 0 aromatic heterocycles. The fourth-order valence-electron chi connectivity index (χ4n) is 2.98. The summed E-state index contributed by atoms with van der Waals surface area (Å²) in [6, 6.07) is 0. The summed E-state index contributed by atoms with van der Waals surface area (Å²) in [5.41, 5.74) is -0.147. The van der Waals surface area contributed by atoms with Crippen molar-refractivity contribution in [3.8, 4) is 0 Å². The predicted molar refractivity (Wildman–Crippen MR) is 77.7 cm³/mol. The van der Waals surface area contributed by atoms with E-state index in [2.05, 4.69) is 17.6 Å². The highest BCUT2D eigenvalue weighted by molar-refractivity contribution is 5.81. The number of carbonyl (C=O) groups excluding carboxylic acids is 1. The van der Waals surface area contributed by atoms with Crippen LogP contribution in [0.15, 0.2) is 0 Å². The van der Waals surface area contributed by atoms with Crippen LogP contribution in [-0.4, -0.2) is 50.5 Å². The van der Waals surface area contributed by atoms with E-state index in [4.69, 9.17) is 9.47 Å². The molecule has 1 aliphatic carbocycles. The second-order valence-electron chi connectivity index (χ2n) is 5.87. The fraction of sp³-hybridized carbons (Fsp3) is 0.933. The number of hydrogen-bond donors (Lipinski definition) is 2. The number of rotatable bonds is 6. The summed E-state index contributed by atoms with van der Waals surface area (Å²) in [6.45, 7) is 5.55. The number of carbonyl (C=O) groups is 1. The lowest BCUT2D eigenvalue weighted by molar-refractivity contribution is -0.137. The van der Waals surface area contributed by atoms with Gasteiger partial charge in [0.05, 0.1) is 12.2 Å². The van der Waals surface area contributed by atoms with Crippen LogP contribution >= 0.6 is 0 Å². The Morgan fingerprint density at radius 3 is 2.85 bits per heavy atom. The van der Waals surface area contributed by atoms with Gasteiger partial charge in [-0.1, -0.05) is 26.2 Å². The van der Waals surface area contributed by atoms with Crippen molar-refractivity contribution in [2.75, 3.05) is 32.8 Å². The second kappa shape index (κ2) is 7.96. The Morgan fingerprint density at radius 1 is 1.40 bits per heavy atom. The summed E-state index contributed by atoms with van der Waals surface area (Å²) < 4.78 is 11.6. The topological polar surface area (TPSA) is 59.6 Å². The molecule has 0 aromatic carbocycles. The molecule has 1 aliphatic heterocycles. The SMILES string of the molecule is CCCOC1(CNC(=O)C2CNCCO2)CCCCC1. The van der Waals surface area contributed by atoms with Gasteiger partial charge in [0, 0.05) is 26.2 Å². The molecule has 116 valence electrons. The molecule has 2 N–H and O–H groups in total. The summed E-state index contributed by atoms with van der Waals surface area (Å²) in [5, 5.41) is 6.22. The average molecular weight is 284 g/mol. The minimum Gasteiger partial charge on any atom is -0.373 e. The van der Waals surface area contributed by atoms with Crippen molar-refractivity contribution in [1.82, 2.24) is 10.6 Å². The predicted octanol–water partition coefficient (Wildman–Crippen LogP) is 1.22. The van der Waals surface area contributed by atoms with Gasteiger partial charge < -0.3 is 20.1 Å². The molecule has 1 heterocycles. The maximum atomic E-state index is 12.1. The van der Waals surface area contributed by atoms with Crippen molar-refractivity contribution in [3.05, 3.63) is 0 Å². The average Bonchev–Trinajstić information content (AvgIpc) is 2.52. The van der Waals surface area contributed by atoms with E-state index < -0.39 is 0 Å². The Balaban J connectivity index is 1.82. The number of nitrogens with one attached hydrogen (secondary N) is 2. The first-order valence-electron chi connectivity index (χ1n) is 8.00. The molecule has 1 atom stereocenters. The van der Waals surface area contributed by atoms with Crippen molar-refractivity contribution in [2.24, 2.45) is 0 Å². The maximum absolute atomic E-state index is 12.1. The lowest BCUT2D eigenvalue weighted by Gasteiger charge is -2.38. The van der Waals surface area contributed by atoms with Crippen LogP contribution in [0.1, 0.15) is 45.4 Å². The Morgan fingerprint density at radius 2 is 2.20 bits per heavy atom. The van der Waals surface area contributed by atoms with Gasteiger partial charge in [0.25, 0.3) is 5.91 Å². The lowest BCUT2D eigenvalue weighted by atomic mass is 9.84. The molecule has 0 aromatic rings. The molecule has 20 heavy (non-hydrogen) atoms. The second-order valence-corrected chi connectivity index (χ2v) is 5.87. The van der Waals surface area contributed by atoms with Gasteiger partial charge in [-0.25, -0.2) is 0 Å². The number of morpholine rings is 1. The van der Waals surface area contributed by atoms with Crippen LogP contribution in [0.5, 0.6) is 0 Å². The Bertz CT molecular complexity index is 297. The maximum Gasteiger partial charge on any atom is 0.250 e. The number of ether oxygens (including phenoxy) is 2. The zero-order chi connectivity index (χ0) is 14.3. The van der Waals surface area contributed by atoms with Crippen LogP contribution in [-0.2, 0) is 14.3 Å². The molecule has 2 fully saturated rings. The third-order valence-electron chi connectivity index (χ3n) is 4.18. The zero-order valence-corrected chi connectivity index (χ0v) is 12.6. The largest absolute Gasteiger partial charge is 0.373 e. The van der Waals surface area contributed by atoms with Crippen LogP contribution < -0.4 is 10.6 Å². The smallest absolute Gasteiger partial charge is 0.250 e. The van der Waals surface area contributed by atoms with Gasteiger partial charge in [0.15, 0.2) is 0 Å². The molecule has 0 radical (unpaired) electrons. The highest BCUT2D eigenvalue weighted by atomic mass is 16.5. The molecule has 0 bridgehead atoms. The van der Waals surface area contributed by atoms with Crippen molar-refractivity contribution < 1.29 is 14.3 Å². The quantitative estimate of drug-likeness (QED) is 0.770. The van der Waals surface area contributed by atoms with Crippen LogP contribution in [0.25, 0.3) is 0 Å². The number of hydrogen-bond acceptors (Lipinski definition) is 4. The van der Waals surface area contributed by atoms with Crippen molar-refractivity contribution in [1.29, 1.82) is 0 Å². The first-order chi connectivity index (χ1) is 9.76. The molecule has 0 spiro atoms. The summed E-state index contributed by atoms with van der Waals surface area (Å²) in [6.07, 6.45) is 6.44. The van der Waals surface area contributed by atoms with E-state index in [1.165, 1.54) is 19.3 Å². The van der Waals surface area contributed by atoms with Gasteiger partial charge in [-0.2, -0.15) is 0 Å². The van der Waals surface area contributed by atoms with Crippen LogP contribution in [0.3, 0.4) is 0 Å². The van der Waals surface area contributed by atoms with Gasteiger partial charge in [0.1, 0.15) is 6.10 Å². The third-order valence-corrected chi connectivity index (χ3v) is 4.18. The fourth-order valence-corrected chi connectivity index (χ4v) is 2.98. The highest BCUT2D eigenvalue weighted by Crippen LogP contribution is 2.31. The number of amides is 1. The molecule has 1 amide bonds. The summed E-state index contributed by atoms with van der Waals surface area (Å²) >= 11 is 0. The van der Waals surface area contributed by atoms with Gasteiger partial charge >= 0.3 is 0 Å². The van der Waals surface area contributed by atoms with Crippen molar-refractivity contribution in [2.45, 2.75) is 57.2 Å². The lowest BCUT2D eigenvalue weighted by Crippen LogP contribution is -2.52. The first-order valence-corrected chi connectivity index (χ1v) is 8.00. The zero-order valence-electron chi connectivity index (χ0n) is 12.6. The summed E-state index contributed by atoms with van der Waals surface area (Å²) in [7, 11) is 0. The van der Waals surface area contributed by atoms with Gasteiger partial charge in [-0.15, -0.1) is 0 Å². The Hall–Kier alpha value is -0.650. The monoisotopic (exact) mass is 284 g/mol. The normalized spacial score (nSPS) is 26.1. The molecule has 2 aliphatic rings. The van der Waals surface area contributed by atoms with Gasteiger partial charge in [-0.3, -0.25) is 4.79 Å². The van der Waals surface area contributed by atoms with Crippen LogP contribution in [0.2, 0.25) is 0 Å². The first kappa shape index (κ1) is 15.7. The molecule has 1 saturated carbocycles. The van der Waals surface area contributed by atoms with E-state index in [0.717, 1.165) is 32.4 Å². The Labute approximate surface area is 121 Å². The Kier molecular flexibility index (Phi) is 6.26.